The molecule has 0 unspecified atom stereocenters. The van der Waals surface area contributed by atoms with Gasteiger partial charge >= 0.3 is 0 Å². The molecule has 1 heterocycles. The van der Waals surface area contributed by atoms with Gasteiger partial charge in [-0.1, -0.05) is 24.8 Å². The van der Waals surface area contributed by atoms with Crippen molar-refractivity contribution >= 4 is 12.2 Å². The molecule has 0 radical (unpaired) electrons. The van der Waals surface area contributed by atoms with Gasteiger partial charge in [0.15, 0.2) is 0 Å². The average molecular weight is 202 g/mol. The lowest BCUT2D eigenvalue weighted by atomic mass is 10.3. The summed E-state index contributed by atoms with van der Waals surface area (Å²) in [5, 5.41) is 1.23. The lowest BCUT2D eigenvalue weighted by Gasteiger charge is -1.94. The molecule has 1 aromatic heterocycles. The van der Waals surface area contributed by atoms with E-state index < -0.39 is 0 Å². The summed E-state index contributed by atoms with van der Waals surface area (Å²) in [7, 11) is 1.68. The minimum Gasteiger partial charge on any atom is -0.302 e. The van der Waals surface area contributed by atoms with Gasteiger partial charge in [-0.2, -0.15) is 0 Å². The topological polar surface area (TPSA) is 34.9 Å². The normalized spacial score (nSPS) is 13.7. The van der Waals surface area contributed by atoms with Crippen LogP contribution in [-0.4, -0.2) is 9.55 Å². The number of rotatable bonds is 2. The highest BCUT2D eigenvalue weighted by atomic mass is 16.1. The van der Waals surface area contributed by atoms with Gasteiger partial charge in [0.2, 0.25) is 0 Å². The van der Waals surface area contributed by atoms with Crippen molar-refractivity contribution in [3.05, 3.63) is 52.1 Å². The van der Waals surface area contributed by atoms with Crippen molar-refractivity contribution in [3.8, 4) is 0 Å². The largest absolute Gasteiger partial charge is 0.302 e. The van der Waals surface area contributed by atoms with E-state index in [2.05, 4.69) is 11.6 Å². The van der Waals surface area contributed by atoms with Gasteiger partial charge < -0.3 is 4.57 Å². The Kier molecular flexibility index (Phi) is 3.80. The molecule has 1 aromatic rings. The van der Waals surface area contributed by atoms with Crippen LogP contribution in [0.2, 0.25) is 0 Å². The Morgan fingerprint density at radius 3 is 2.80 bits per heavy atom. The Bertz CT molecular complexity index is 550. The molecule has 0 saturated carbocycles. The number of nitrogens with zero attached hydrogens (tertiary/aromatic N) is 2. The molecule has 0 aliphatic rings. The van der Waals surface area contributed by atoms with E-state index in [1.54, 1.807) is 25.3 Å². The van der Waals surface area contributed by atoms with Crippen LogP contribution >= 0.6 is 0 Å². The fourth-order valence-electron chi connectivity index (χ4n) is 1.17. The van der Waals surface area contributed by atoms with E-state index in [0.717, 1.165) is 0 Å². The van der Waals surface area contributed by atoms with Gasteiger partial charge in [-0.25, -0.2) is 4.98 Å². The first-order valence-electron chi connectivity index (χ1n) is 4.68. The first-order valence-corrected chi connectivity index (χ1v) is 4.68. The second kappa shape index (κ2) is 5.10. The predicted molar refractivity (Wildman–Crippen MR) is 62.7 cm³/mol. The van der Waals surface area contributed by atoms with E-state index in [0.29, 0.717) is 10.6 Å². The molecule has 3 heteroatoms. The number of hydrogen-bond donors (Lipinski definition) is 0. The summed E-state index contributed by atoms with van der Waals surface area (Å²) in [6.07, 6.45) is 10.3. The minimum absolute atomic E-state index is 0.0688. The third-order valence-corrected chi connectivity index (χ3v) is 1.93. The minimum atomic E-state index is -0.0688. The van der Waals surface area contributed by atoms with Gasteiger partial charge in [-0.3, -0.25) is 4.79 Å². The van der Waals surface area contributed by atoms with Crippen molar-refractivity contribution in [1.29, 1.82) is 0 Å². The molecule has 0 aromatic carbocycles. The molecule has 0 aliphatic heterocycles. The Hall–Kier alpha value is -1.90. The zero-order valence-electron chi connectivity index (χ0n) is 8.97. The molecule has 0 N–H and O–H groups in total. The van der Waals surface area contributed by atoms with E-state index in [-0.39, 0.29) is 5.56 Å². The van der Waals surface area contributed by atoms with Crippen molar-refractivity contribution in [2.24, 2.45) is 7.05 Å². The Labute approximate surface area is 88.4 Å². The fraction of sp³-hybridized carbons (Fsp3) is 0.167. The molecule has 0 fully saturated rings. The van der Waals surface area contributed by atoms with Crippen molar-refractivity contribution in [2.75, 3.05) is 0 Å². The second-order valence-electron chi connectivity index (χ2n) is 3.05. The Morgan fingerprint density at radius 2 is 2.20 bits per heavy atom. The first-order chi connectivity index (χ1) is 7.20. The maximum absolute atomic E-state index is 11.7. The molecule has 0 atom stereocenters. The van der Waals surface area contributed by atoms with E-state index in [9.17, 15) is 4.79 Å². The maximum Gasteiger partial charge on any atom is 0.260 e. The molecule has 78 valence electrons. The Morgan fingerprint density at radius 1 is 1.47 bits per heavy atom. The third kappa shape index (κ3) is 2.53. The first kappa shape index (κ1) is 11.2. The fourth-order valence-corrected chi connectivity index (χ4v) is 1.17. The van der Waals surface area contributed by atoms with Gasteiger partial charge in [0, 0.05) is 7.05 Å². The molecule has 15 heavy (non-hydrogen) atoms. The summed E-state index contributed by atoms with van der Waals surface area (Å²) in [4.78, 5) is 15.9. The van der Waals surface area contributed by atoms with Gasteiger partial charge in [-0.05, 0) is 19.1 Å². The molecular formula is C12H14N2O. The summed E-state index contributed by atoms with van der Waals surface area (Å²) in [5.41, 5.74) is -0.0688. The van der Waals surface area contributed by atoms with Crippen molar-refractivity contribution < 1.29 is 0 Å². The number of aryl methyl sites for hydroxylation is 1. The van der Waals surface area contributed by atoms with Crippen LogP contribution in [0.15, 0.2) is 35.9 Å². The number of allylic oxidation sites excluding steroid dienone is 3. The third-order valence-electron chi connectivity index (χ3n) is 1.93. The molecule has 0 spiro atoms. The van der Waals surface area contributed by atoms with E-state index in [1.807, 2.05) is 19.1 Å². The van der Waals surface area contributed by atoms with Crippen LogP contribution in [0.5, 0.6) is 0 Å². The SMILES string of the molecule is C=C/C=c1/c(=O)n(C)cn/c1=C/C=C\C. The van der Waals surface area contributed by atoms with Gasteiger partial charge in [0.05, 0.1) is 16.9 Å². The van der Waals surface area contributed by atoms with Crippen LogP contribution in [-0.2, 0) is 7.05 Å². The zero-order valence-corrected chi connectivity index (χ0v) is 8.97. The van der Waals surface area contributed by atoms with Gasteiger partial charge in [0.25, 0.3) is 5.56 Å². The van der Waals surface area contributed by atoms with Crippen LogP contribution in [0.1, 0.15) is 6.92 Å². The molecule has 0 amide bonds. The number of hydrogen-bond acceptors (Lipinski definition) is 2. The summed E-state index contributed by atoms with van der Waals surface area (Å²) in [6, 6.07) is 0. The van der Waals surface area contributed by atoms with Crippen LogP contribution in [0.25, 0.3) is 12.2 Å². The molecule has 1 rings (SSSR count). The quantitative estimate of drug-likeness (QED) is 0.682. The molecule has 3 nitrogen and oxygen atoms in total. The van der Waals surface area contributed by atoms with Crippen molar-refractivity contribution in [1.82, 2.24) is 9.55 Å². The molecule has 0 bridgehead atoms. The van der Waals surface area contributed by atoms with Crippen molar-refractivity contribution in [3.63, 3.8) is 0 Å². The van der Waals surface area contributed by atoms with Gasteiger partial charge in [0.1, 0.15) is 0 Å². The molecule has 0 aliphatic carbocycles. The summed E-state index contributed by atoms with van der Waals surface area (Å²) >= 11 is 0. The standard InChI is InChI=1S/C12H14N2O/c1-4-6-8-11-10(7-5-2)12(15)14(3)9-13-11/h4-9H,2H2,1,3H3/b6-4-,10-7+,11-8+. The zero-order chi connectivity index (χ0) is 11.3. The van der Waals surface area contributed by atoms with Crippen molar-refractivity contribution in [2.45, 2.75) is 6.92 Å². The van der Waals surface area contributed by atoms with Crippen LogP contribution in [0.3, 0.4) is 0 Å². The van der Waals surface area contributed by atoms with E-state index >= 15 is 0 Å². The van der Waals surface area contributed by atoms with Crippen LogP contribution in [0, 0.1) is 0 Å². The summed E-state index contributed by atoms with van der Waals surface area (Å²) in [6.45, 7) is 5.50. The van der Waals surface area contributed by atoms with Gasteiger partial charge in [-0.15, -0.1) is 0 Å². The molecule has 0 saturated heterocycles. The monoisotopic (exact) mass is 202 g/mol. The highest BCUT2D eigenvalue weighted by molar-refractivity contribution is 5.39. The second-order valence-corrected chi connectivity index (χ2v) is 3.05. The molecular weight excluding hydrogens is 188 g/mol. The lowest BCUT2D eigenvalue weighted by molar-refractivity contribution is 0.804. The highest BCUT2D eigenvalue weighted by Crippen LogP contribution is 1.70. The highest BCUT2D eigenvalue weighted by Gasteiger charge is 1.93. The predicted octanol–water partition coefficient (Wildman–Crippen LogP) is 0.103. The smallest absolute Gasteiger partial charge is 0.260 e. The average Bonchev–Trinajstić information content (AvgIpc) is 2.24. The lowest BCUT2D eigenvalue weighted by Crippen LogP contribution is -2.45. The van der Waals surface area contributed by atoms with E-state index in [1.165, 1.54) is 10.9 Å². The van der Waals surface area contributed by atoms with Crippen LogP contribution in [0.4, 0.5) is 0 Å². The number of aromatic nitrogens is 2. The maximum atomic E-state index is 11.7. The van der Waals surface area contributed by atoms with E-state index in [4.69, 9.17) is 0 Å². The summed E-state index contributed by atoms with van der Waals surface area (Å²) < 4.78 is 1.45. The summed E-state index contributed by atoms with van der Waals surface area (Å²) in [5.74, 6) is 0. The van der Waals surface area contributed by atoms with Crippen LogP contribution < -0.4 is 16.1 Å². The Balaban J connectivity index is 3.70.